The van der Waals surface area contributed by atoms with E-state index < -0.39 is 0 Å². The summed E-state index contributed by atoms with van der Waals surface area (Å²) in [7, 11) is 0. The predicted molar refractivity (Wildman–Crippen MR) is 42.9 cm³/mol. The van der Waals surface area contributed by atoms with Crippen molar-refractivity contribution < 1.29 is 0 Å². The first-order valence-electron chi connectivity index (χ1n) is 3.54. The van der Waals surface area contributed by atoms with Crippen molar-refractivity contribution in [1.82, 2.24) is 9.97 Å². The highest BCUT2D eigenvalue weighted by Gasteiger charge is 1.83. The van der Waals surface area contributed by atoms with Gasteiger partial charge in [-0.15, -0.1) is 0 Å². The van der Waals surface area contributed by atoms with E-state index in [1.54, 1.807) is 6.33 Å². The lowest BCUT2D eigenvalue weighted by Crippen LogP contribution is -1.84. The van der Waals surface area contributed by atoms with Gasteiger partial charge in [-0.25, -0.2) is 9.97 Å². The maximum atomic E-state index is 3.93. The average molecular weight is 138 g/mol. The maximum Gasteiger partial charge on any atom is 0.115 e. The molecule has 0 bridgehead atoms. The molecule has 0 N–H and O–H groups in total. The third-order valence-electron chi connectivity index (χ3n) is 0.941. The molecule has 0 amide bonds. The highest BCUT2D eigenvalue weighted by molar-refractivity contribution is 5.03. The summed E-state index contributed by atoms with van der Waals surface area (Å²) in [6.07, 6.45) is 1.57. The van der Waals surface area contributed by atoms with Crippen LogP contribution in [0.4, 0.5) is 0 Å². The lowest BCUT2D eigenvalue weighted by Gasteiger charge is -1.89. The van der Waals surface area contributed by atoms with Gasteiger partial charge in [-0.2, -0.15) is 0 Å². The van der Waals surface area contributed by atoms with Gasteiger partial charge in [0.15, 0.2) is 0 Å². The van der Waals surface area contributed by atoms with Gasteiger partial charge in [-0.3, -0.25) is 0 Å². The molecule has 0 aliphatic heterocycles. The van der Waals surface area contributed by atoms with Crippen LogP contribution in [0.3, 0.4) is 0 Å². The molecular formula is C8H14N2. The van der Waals surface area contributed by atoms with Crippen molar-refractivity contribution in [3.8, 4) is 0 Å². The summed E-state index contributed by atoms with van der Waals surface area (Å²) < 4.78 is 0. The zero-order valence-electron chi connectivity index (χ0n) is 7.05. The summed E-state index contributed by atoms with van der Waals surface area (Å²) in [5.74, 6) is 0. The van der Waals surface area contributed by atoms with Gasteiger partial charge in [-0.05, 0) is 19.9 Å². The molecule has 0 atom stereocenters. The molecule has 1 rings (SSSR count). The Kier molecular flexibility index (Phi) is 4.46. The van der Waals surface area contributed by atoms with Gasteiger partial charge in [0.2, 0.25) is 0 Å². The molecular weight excluding hydrogens is 124 g/mol. The molecule has 0 saturated carbocycles. The van der Waals surface area contributed by atoms with Gasteiger partial charge in [0.1, 0.15) is 6.33 Å². The topological polar surface area (TPSA) is 25.8 Å². The number of hydrogen-bond acceptors (Lipinski definition) is 2. The molecule has 0 saturated heterocycles. The Balaban J connectivity index is 0.000000371. The molecule has 2 heteroatoms. The second-order valence-corrected chi connectivity index (χ2v) is 1.80. The zero-order valence-corrected chi connectivity index (χ0v) is 7.05. The molecule has 56 valence electrons. The van der Waals surface area contributed by atoms with Crippen molar-refractivity contribution in [2.45, 2.75) is 27.7 Å². The van der Waals surface area contributed by atoms with E-state index in [0.29, 0.717) is 0 Å². The van der Waals surface area contributed by atoms with Crippen LogP contribution in [-0.2, 0) is 0 Å². The van der Waals surface area contributed by atoms with Crippen molar-refractivity contribution in [3.05, 3.63) is 23.8 Å². The second-order valence-electron chi connectivity index (χ2n) is 1.80. The van der Waals surface area contributed by atoms with Crippen molar-refractivity contribution >= 4 is 0 Å². The van der Waals surface area contributed by atoms with Crippen LogP contribution in [-0.4, -0.2) is 9.97 Å². The molecule has 10 heavy (non-hydrogen) atoms. The lowest BCUT2D eigenvalue weighted by atomic mass is 10.4. The van der Waals surface area contributed by atoms with Crippen molar-refractivity contribution in [2.75, 3.05) is 0 Å². The Morgan fingerprint density at radius 1 is 1.00 bits per heavy atom. The number of aryl methyl sites for hydroxylation is 2. The van der Waals surface area contributed by atoms with E-state index >= 15 is 0 Å². The fraction of sp³-hybridized carbons (Fsp3) is 0.500. The predicted octanol–water partition coefficient (Wildman–Crippen LogP) is 2.12. The lowest BCUT2D eigenvalue weighted by molar-refractivity contribution is 1.05. The number of nitrogens with zero attached hydrogens (tertiary/aromatic N) is 2. The van der Waals surface area contributed by atoms with Crippen LogP contribution in [0.15, 0.2) is 12.4 Å². The van der Waals surface area contributed by atoms with E-state index in [9.17, 15) is 0 Å². The van der Waals surface area contributed by atoms with Gasteiger partial charge in [-0.1, -0.05) is 13.8 Å². The van der Waals surface area contributed by atoms with Gasteiger partial charge in [0, 0.05) is 11.4 Å². The van der Waals surface area contributed by atoms with E-state index in [4.69, 9.17) is 0 Å². The normalized spacial score (nSPS) is 8.00. The molecule has 0 aliphatic carbocycles. The van der Waals surface area contributed by atoms with Gasteiger partial charge >= 0.3 is 0 Å². The Morgan fingerprint density at radius 2 is 1.40 bits per heavy atom. The molecule has 0 radical (unpaired) electrons. The standard InChI is InChI=1S/C6H8N2.C2H6/c1-5-3-6(2)8-4-7-5;1-2/h3-4H,1-2H3;1-2H3. The van der Waals surface area contributed by atoms with Crippen molar-refractivity contribution in [2.24, 2.45) is 0 Å². The molecule has 2 nitrogen and oxygen atoms in total. The minimum absolute atomic E-state index is 1.03. The number of rotatable bonds is 0. The van der Waals surface area contributed by atoms with E-state index in [1.165, 1.54) is 0 Å². The Morgan fingerprint density at radius 3 is 1.60 bits per heavy atom. The maximum absolute atomic E-state index is 3.93. The van der Waals surface area contributed by atoms with Crippen LogP contribution in [0.2, 0.25) is 0 Å². The average Bonchev–Trinajstić information content (AvgIpc) is 1.91. The van der Waals surface area contributed by atoms with Gasteiger partial charge in [0.25, 0.3) is 0 Å². The van der Waals surface area contributed by atoms with E-state index in [1.807, 2.05) is 33.8 Å². The largest absolute Gasteiger partial charge is 0.242 e. The van der Waals surface area contributed by atoms with Crippen LogP contribution in [0, 0.1) is 13.8 Å². The first-order valence-corrected chi connectivity index (χ1v) is 3.54. The van der Waals surface area contributed by atoms with Crippen molar-refractivity contribution in [3.63, 3.8) is 0 Å². The molecule has 1 aromatic rings. The molecule has 1 heterocycles. The Hall–Kier alpha value is -0.920. The fourth-order valence-corrected chi connectivity index (χ4v) is 0.588. The number of hydrogen-bond donors (Lipinski definition) is 0. The summed E-state index contributed by atoms with van der Waals surface area (Å²) in [6, 6.07) is 1.94. The smallest absolute Gasteiger partial charge is 0.115 e. The summed E-state index contributed by atoms with van der Waals surface area (Å²) >= 11 is 0. The second kappa shape index (κ2) is 4.91. The minimum atomic E-state index is 1.03. The molecule has 0 fully saturated rings. The first-order chi connectivity index (χ1) is 4.79. The zero-order chi connectivity index (χ0) is 7.98. The Bertz CT molecular complexity index is 167. The molecule has 1 aromatic heterocycles. The molecule has 0 unspecified atom stereocenters. The fourth-order valence-electron chi connectivity index (χ4n) is 0.588. The Labute approximate surface area is 62.3 Å². The van der Waals surface area contributed by atoms with E-state index in [2.05, 4.69) is 9.97 Å². The highest BCUT2D eigenvalue weighted by atomic mass is 14.8. The monoisotopic (exact) mass is 138 g/mol. The van der Waals surface area contributed by atoms with Crippen LogP contribution in [0.5, 0.6) is 0 Å². The number of aromatic nitrogens is 2. The summed E-state index contributed by atoms with van der Waals surface area (Å²) in [6.45, 7) is 7.91. The summed E-state index contributed by atoms with van der Waals surface area (Å²) in [5, 5.41) is 0. The van der Waals surface area contributed by atoms with E-state index in [-0.39, 0.29) is 0 Å². The summed E-state index contributed by atoms with van der Waals surface area (Å²) in [4.78, 5) is 7.86. The van der Waals surface area contributed by atoms with Gasteiger partial charge in [0.05, 0.1) is 0 Å². The van der Waals surface area contributed by atoms with E-state index in [0.717, 1.165) is 11.4 Å². The van der Waals surface area contributed by atoms with Crippen LogP contribution >= 0.6 is 0 Å². The minimum Gasteiger partial charge on any atom is -0.242 e. The first kappa shape index (κ1) is 9.08. The SMILES string of the molecule is CC.Cc1cc(C)ncn1. The van der Waals surface area contributed by atoms with Crippen molar-refractivity contribution in [1.29, 1.82) is 0 Å². The summed E-state index contributed by atoms with van der Waals surface area (Å²) in [5.41, 5.74) is 2.05. The molecule has 0 aromatic carbocycles. The van der Waals surface area contributed by atoms with Crippen LogP contribution in [0.25, 0.3) is 0 Å². The molecule has 0 spiro atoms. The van der Waals surface area contributed by atoms with Crippen LogP contribution < -0.4 is 0 Å². The molecule has 0 aliphatic rings. The third kappa shape index (κ3) is 3.17. The van der Waals surface area contributed by atoms with Gasteiger partial charge < -0.3 is 0 Å². The third-order valence-corrected chi connectivity index (χ3v) is 0.941. The highest BCUT2D eigenvalue weighted by Crippen LogP contribution is 1.91. The quantitative estimate of drug-likeness (QED) is 0.548. The van der Waals surface area contributed by atoms with Crippen LogP contribution in [0.1, 0.15) is 25.2 Å².